The van der Waals surface area contributed by atoms with Crippen molar-refractivity contribution in [3.8, 4) is 0 Å². The molecule has 190 valence electrons. The van der Waals surface area contributed by atoms with E-state index in [1.807, 2.05) is 44.2 Å². The fourth-order valence-corrected chi connectivity index (χ4v) is 3.89. The molecule has 2 N–H and O–H groups in total. The Morgan fingerprint density at radius 1 is 1.11 bits per heavy atom. The van der Waals surface area contributed by atoms with Gasteiger partial charge in [-0.15, -0.1) is 0 Å². The molecule has 0 bridgehead atoms. The molecule has 2 aromatic rings. The zero-order valence-corrected chi connectivity index (χ0v) is 19.9. The van der Waals surface area contributed by atoms with E-state index in [1.54, 1.807) is 0 Å². The monoisotopic (exact) mass is 492 g/mol. The lowest BCUT2D eigenvalue weighted by atomic mass is 9.93. The number of alkyl carbamates (subject to hydrolysis) is 1. The van der Waals surface area contributed by atoms with Gasteiger partial charge >= 0.3 is 12.3 Å². The van der Waals surface area contributed by atoms with Gasteiger partial charge in [0.2, 0.25) is 5.91 Å². The molecule has 0 fully saturated rings. The van der Waals surface area contributed by atoms with Crippen molar-refractivity contribution in [2.45, 2.75) is 64.3 Å². The Morgan fingerprint density at radius 2 is 1.89 bits per heavy atom. The van der Waals surface area contributed by atoms with Gasteiger partial charge in [-0.25, -0.2) is 4.79 Å². The van der Waals surface area contributed by atoms with Crippen LogP contribution in [-0.2, 0) is 16.1 Å². The van der Waals surface area contributed by atoms with Crippen LogP contribution in [0.5, 0.6) is 0 Å². The fraction of sp³-hybridized carbons (Fsp3) is 0.462. The number of carbonyl (C=O) groups excluding carboxylic acids is 2. The zero-order chi connectivity index (χ0) is 25.5. The maximum atomic E-state index is 12.8. The molecule has 35 heavy (non-hydrogen) atoms. The molecule has 1 aromatic heterocycles. The number of allylic oxidation sites excluding steroid dienone is 3. The highest BCUT2D eigenvalue weighted by Crippen LogP contribution is 2.33. The van der Waals surface area contributed by atoms with E-state index in [-0.39, 0.29) is 13.0 Å². The van der Waals surface area contributed by atoms with Crippen LogP contribution in [0.2, 0.25) is 0 Å². The molecule has 2 amide bonds. The highest BCUT2D eigenvalue weighted by atomic mass is 19.4. The highest BCUT2D eigenvalue weighted by Gasteiger charge is 2.36. The zero-order valence-electron chi connectivity index (χ0n) is 19.9. The van der Waals surface area contributed by atoms with E-state index in [9.17, 15) is 22.8 Å². The second-order valence-corrected chi connectivity index (χ2v) is 9.24. The Morgan fingerprint density at radius 3 is 2.63 bits per heavy atom. The number of carbonyl (C=O) groups is 2. The largest absolute Gasteiger partial charge is 0.459 e. The van der Waals surface area contributed by atoms with Gasteiger partial charge in [-0.05, 0) is 51.7 Å². The van der Waals surface area contributed by atoms with Gasteiger partial charge in [0.15, 0.2) is 0 Å². The normalized spacial score (nSPS) is 16.1. The molecule has 1 aliphatic rings. The van der Waals surface area contributed by atoms with Crippen LogP contribution in [0.25, 0.3) is 11.0 Å². The predicted molar refractivity (Wildman–Crippen MR) is 126 cm³/mol. The SMILES string of the molecule is CC(C)(CCCCCNC(=O)C1C=CC=C(C(F)(F)F)C1)OC(=O)NCc1cc2ccccc2o1. The van der Waals surface area contributed by atoms with E-state index in [4.69, 9.17) is 9.15 Å². The summed E-state index contributed by atoms with van der Waals surface area (Å²) >= 11 is 0. The third kappa shape index (κ3) is 8.19. The summed E-state index contributed by atoms with van der Waals surface area (Å²) in [5.41, 5.74) is -0.606. The number of rotatable bonds is 10. The topological polar surface area (TPSA) is 80.6 Å². The van der Waals surface area contributed by atoms with Crippen molar-refractivity contribution >= 4 is 23.0 Å². The van der Waals surface area contributed by atoms with Crippen LogP contribution < -0.4 is 10.6 Å². The molecule has 1 aromatic carbocycles. The maximum Gasteiger partial charge on any atom is 0.412 e. The van der Waals surface area contributed by atoms with E-state index in [1.165, 1.54) is 12.2 Å². The smallest absolute Gasteiger partial charge is 0.412 e. The van der Waals surface area contributed by atoms with E-state index in [2.05, 4.69) is 10.6 Å². The van der Waals surface area contributed by atoms with E-state index >= 15 is 0 Å². The molecular weight excluding hydrogens is 461 g/mol. The fourth-order valence-electron chi connectivity index (χ4n) is 3.89. The number of unbranched alkanes of at least 4 members (excludes halogenated alkanes) is 2. The molecule has 3 rings (SSSR count). The number of benzene rings is 1. The maximum absolute atomic E-state index is 12.8. The second kappa shape index (κ2) is 11.5. The standard InChI is InChI=1S/C26H31F3N2O4/c1-25(2,35-24(33)31-17-21-16-18-9-4-5-12-22(18)34-21)13-6-3-7-14-30-23(32)19-10-8-11-20(15-19)26(27,28)29/h4-5,8-12,16,19H,3,6-7,13-15,17H2,1-2H3,(H,30,32)(H,31,33). The first-order valence-corrected chi connectivity index (χ1v) is 11.7. The molecule has 0 saturated heterocycles. The van der Waals surface area contributed by atoms with Crippen molar-refractivity contribution in [3.05, 3.63) is 59.9 Å². The van der Waals surface area contributed by atoms with Crippen molar-refractivity contribution in [3.63, 3.8) is 0 Å². The number of alkyl halides is 3. The Hall–Kier alpha value is -3.23. The lowest BCUT2D eigenvalue weighted by molar-refractivity contribution is -0.124. The van der Waals surface area contributed by atoms with Gasteiger partial charge in [0.05, 0.1) is 12.5 Å². The highest BCUT2D eigenvalue weighted by molar-refractivity contribution is 5.81. The van der Waals surface area contributed by atoms with Crippen LogP contribution in [0.15, 0.2) is 58.6 Å². The minimum Gasteiger partial charge on any atom is -0.459 e. The van der Waals surface area contributed by atoms with Crippen LogP contribution in [0.3, 0.4) is 0 Å². The number of ether oxygens (including phenoxy) is 1. The molecule has 0 radical (unpaired) electrons. The molecule has 9 heteroatoms. The number of furan rings is 1. The number of hydrogen-bond acceptors (Lipinski definition) is 4. The van der Waals surface area contributed by atoms with E-state index in [0.29, 0.717) is 25.1 Å². The average molecular weight is 493 g/mol. The molecular formula is C26H31F3N2O4. The summed E-state index contributed by atoms with van der Waals surface area (Å²) in [5, 5.41) is 6.37. The number of amides is 2. The summed E-state index contributed by atoms with van der Waals surface area (Å²) in [4.78, 5) is 24.4. The first-order chi connectivity index (χ1) is 16.5. The summed E-state index contributed by atoms with van der Waals surface area (Å²) in [6.45, 7) is 4.26. The van der Waals surface area contributed by atoms with Crippen LogP contribution in [0.4, 0.5) is 18.0 Å². The van der Waals surface area contributed by atoms with Gasteiger partial charge in [0, 0.05) is 17.5 Å². The molecule has 0 aliphatic heterocycles. The first kappa shape index (κ1) is 26.4. The predicted octanol–water partition coefficient (Wildman–Crippen LogP) is 6.18. The summed E-state index contributed by atoms with van der Waals surface area (Å²) in [6.07, 6.45) is 1.35. The van der Waals surface area contributed by atoms with E-state index in [0.717, 1.165) is 29.9 Å². The summed E-state index contributed by atoms with van der Waals surface area (Å²) in [6, 6.07) is 9.46. The van der Waals surface area contributed by atoms with Crippen LogP contribution in [0, 0.1) is 5.92 Å². The van der Waals surface area contributed by atoms with Crippen LogP contribution >= 0.6 is 0 Å². The molecule has 0 spiro atoms. The first-order valence-electron chi connectivity index (χ1n) is 11.7. The minimum absolute atomic E-state index is 0.222. The quantitative estimate of drug-likeness (QED) is 0.388. The molecule has 1 atom stereocenters. The number of nitrogens with one attached hydrogen (secondary N) is 2. The number of halogens is 3. The van der Waals surface area contributed by atoms with Gasteiger partial charge in [-0.3, -0.25) is 4.79 Å². The lowest BCUT2D eigenvalue weighted by Crippen LogP contribution is -2.34. The van der Waals surface area contributed by atoms with Gasteiger partial charge < -0.3 is 19.8 Å². The Bertz CT molecular complexity index is 1050. The van der Waals surface area contributed by atoms with Crippen molar-refractivity contribution in [2.75, 3.05) is 6.54 Å². The summed E-state index contributed by atoms with van der Waals surface area (Å²) < 4.78 is 49.7. The average Bonchev–Trinajstić information content (AvgIpc) is 3.22. The van der Waals surface area contributed by atoms with Crippen LogP contribution in [-0.4, -0.2) is 30.3 Å². The van der Waals surface area contributed by atoms with Gasteiger partial charge in [0.1, 0.15) is 16.9 Å². The van der Waals surface area contributed by atoms with Gasteiger partial charge in [-0.1, -0.05) is 42.8 Å². The summed E-state index contributed by atoms with van der Waals surface area (Å²) in [5.74, 6) is -0.569. The minimum atomic E-state index is -4.41. The number of fused-ring (bicyclic) bond motifs is 1. The molecule has 6 nitrogen and oxygen atoms in total. The van der Waals surface area contributed by atoms with Crippen molar-refractivity contribution < 1.29 is 31.9 Å². The Balaban J connectivity index is 1.29. The van der Waals surface area contributed by atoms with Gasteiger partial charge in [0.25, 0.3) is 0 Å². The van der Waals surface area contributed by atoms with E-state index < -0.39 is 35.3 Å². The Labute approximate surface area is 202 Å². The number of hydrogen-bond donors (Lipinski definition) is 2. The Kier molecular flexibility index (Phi) is 8.64. The lowest BCUT2D eigenvalue weighted by Gasteiger charge is -2.25. The van der Waals surface area contributed by atoms with Crippen LogP contribution in [0.1, 0.15) is 51.7 Å². The molecule has 0 saturated carbocycles. The van der Waals surface area contributed by atoms with Gasteiger partial charge in [-0.2, -0.15) is 13.2 Å². The molecule has 1 aliphatic carbocycles. The number of para-hydroxylation sites is 1. The van der Waals surface area contributed by atoms with Crippen molar-refractivity contribution in [1.29, 1.82) is 0 Å². The van der Waals surface area contributed by atoms with Crippen molar-refractivity contribution in [2.24, 2.45) is 5.92 Å². The third-order valence-corrected chi connectivity index (χ3v) is 5.79. The summed E-state index contributed by atoms with van der Waals surface area (Å²) in [7, 11) is 0. The second-order valence-electron chi connectivity index (χ2n) is 9.24. The third-order valence-electron chi connectivity index (χ3n) is 5.79. The molecule has 1 unspecified atom stereocenters. The molecule has 1 heterocycles. The van der Waals surface area contributed by atoms with Crippen molar-refractivity contribution in [1.82, 2.24) is 10.6 Å².